The second-order valence-electron chi connectivity index (χ2n) is 5.22. The smallest absolute Gasteiger partial charge is 0.158 e. The molecule has 1 heterocycles. The van der Waals surface area contributed by atoms with Crippen LogP contribution in [0.2, 0.25) is 0 Å². The molecular formula is C15H32N2O2. The molecule has 0 amide bonds. The molecule has 1 saturated heterocycles. The van der Waals surface area contributed by atoms with Gasteiger partial charge in [0.15, 0.2) is 6.29 Å². The van der Waals surface area contributed by atoms with Gasteiger partial charge in [-0.3, -0.25) is 0 Å². The number of rotatable bonds is 11. The molecule has 1 unspecified atom stereocenters. The summed E-state index contributed by atoms with van der Waals surface area (Å²) in [7, 11) is 0. The summed E-state index contributed by atoms with van der Waals surface area (Å²) in [6, 6.07) is 0.684. The van der Waals surface area contributed by atoms with Gasteiger partial charge >= 0.3 is 0 Å². The average Bonchev–Trinajstić information content (AvgIpc) is 2.89. The van der Waals surface area contributed by atoms with Crippen LogP contribution < -0.4 is 5.32 Å². The zero-order valence-electron chi connectivity index (χ0n) is 13.0. The molecule has 1 aliphatic heterocycles. The molecule has 1 atom stereocenters. The lowest BCUT2D eigenvalue weighted by Crippen LogP contribution is -2.39. The van der Waals surface area contributed by atoms with E-state index in [4.69, 9.17) is 9.47 Å². The van der Waals surface area contributed by atoms with Gasteiger partial charge in [0.2, 0.25) is 0 Å². The fraction of sp³-hybridized carbons (Fsp3) is 1.00. The number of nitrogens with one attached hydrogen (secondary N) is 1. The van der Waals surface area contributed by atoms with Crippen molar-refractivity contribution >= 4 is 0 Å². The Morgan fingerprint density at radius 2 is 1.89 bits per heavy atom. The van der Waals surface area contributed by atoms with Crippen molar-refractivity contribution in [2.45, 2.75) is 58.8 Å². The molecule has 0 aromatic heterocycles. The van der Waals surface area contributed by atoms with E-state index in [9.17, 15) is 0 Å². The molecule has 114 valence electrons. The quantitative estimate of drug-likeness (QED) is 0.585. The molecule has 0 radical (unpaired) electrons. The predicted molar refractivity (Wildman–Crippen MR) is 79.4 cm³/mol. The van der Waals surface area contributed by atoms with Gasteiger partial charge in [-0.1, -0.05) is 6.92 Å². The highest BCUT2D eigenvalue weighted by Gasteiger charge is 2.18. The van der Waals surface area contributed by atoms with Crippen LogP contribution >= 0.6 is 0 Å². The van der Waals surface area contributed by atoms with Crippen molar-refractivity contribution in [3.63, 3.8) is 0 Å². The lowest BCUT2D eigenvalue weighted by atomic mass is 10.2. The van der Waals surface area contributed by atoms with Crippen LogP contribution in [0.25, 0.3) is 0 Å². The van der Waals surface area contributed by atoms with Gasteiger partial charge in [0.25, 0.3) is 0 Å². The van der Waals surface area contributed by atoms with Crippen LogP contribution in [0.3, 0.4) is 0 Å². The van der Waals surface area contributed by atoms with Gasteiger partial charge in [0, 0.05) is 38.8 Å². The molecule has 0 saturated carbocycles. The summed E-state index contributed by atoms with van der Waals surface area (Å²) in [5.41, 5.74) is 0. The van der Waals surface area contributed by atoms with E-state index in [0.717, 1.165) is 26.2 Å². The topological polar surface area (TPSA) is 33.7 Å². The number of hydrogen-bond acceptors (Lipinski definition) is 4. The third-order valence-corrected chi connectivity index (χ3v) is 3.57. The highest BCUT2D eigenvalue weighted by atomic mass is 16.7. The second-order valence-corrected chi connectivity index (χ2v) is 5.22. The van der Waals surface area contributed by atoms with E-state index < -0.39 is 0 Å². The fourth-order valence-electron chi connectivity index (χ4n) is 2.71. The van der Waals surface area contributed by atoms with Gasteiger partial charge < -0.3 is 19.7 Å². The lowest BCUT2D eigenvalue weighted by molar-refractivity contribution is -0.141. The van der Waals surface area contributed by atoms with Crippen molar-refractivity contribution in [1.29, 1.82) is 0 Å². The minimum absolute atomic E-state index is 0.0362. The maximum atomic E-state index is 5.62. The Hall–Kier alpha value is -0.160. The summed E-state index contributed by atoms with van der Waals surface area (Å²) in [5, 5.41) is 3.58. The zero-order valence-corrected chi connectivity index (χ0v) is 13.0. The summed E-state index contributed by atoms with van der Waals surface area (Å²) in [4.78, 5) is 2.55. The SMILES string of the molecule is CCCN(CCC(OCC)OCC)CC1CCCN1. The van der Waals surface area contributed by atoms with E-state index in [1.165, 1.54) is 38.9 Å². The standard InChI is InChI=1S/C15H32N2O2/c1-4-11-17(13-14-8-7-10-16-14)12-9-15(18-5-2)19-6-3/h14-16H,4-13H2,1-3H3. The van der Waals surface area contributed by atoms with Gasteiger partial charge in [0.1, 0.15) is 0 Å². The maximum Gasteiger partial charge on any atom is 0.158 e. The largest absolute Gasteiger partial charge is 0.353 e. The lowest BCUT2D eigenvalue weighted by Gasteiger charge is -2.27. The minimum atomic E-state index is -0.0362. The second kappa shape index (κ2) is 10.6. The number of nitrogens with zero attached hydrogens (tertiary/aromatic N) is 1. The Balaban J connectivity index is 2.29. The van der Waals surface area contributed by atoms with Gasteiger partial charge in [-0.25, -0.2) is 0 Å². The molecule has 4 nitrogen and oxygen atoms in total. The third-order valence-electron chi connectivity index (χ3n) is 3.57. The first-order valence-electron chi connectivity index (χ1n) is 7.99. The molecule has 4 heteroatoms. The molecule has 1 rings (SSSR count). The predicted octanol–water partition coefficient (Wildman–Crippen LogP) is 2.24. The van der Waals surface area contributed by atoms with Crippen molar-refractivity contribution in [1.82, 2.24) is 10.2 Å². The molecule has 1 fully saturated rings. The highest BCUT2D eigenvalue weighted by molar-refractivity contribution is 4.78. The zero-order chi connectivity index (χ0) is 13.9. The first kappa shape index (κ1) is 16.9. The first-order chi connectivity index (χ1) is 9.30. The summed E-state index contributed by atoms with van der Waals surface area (Å²) in [6.07, 6.45) is 4.78. The van der Waals surface area contributed by atoms with E-state index in [-0.39, 0.29) is 6.29 Å². The van der Waals surface area contributed by atoms with Gasteiger partial charge in [0.05, 0.1) is 0 Å². The van der Waals surface area contributed by atoms with Crippen LogP contribution in [0.15, 0.2) is 0 Å². The Morgan fingerprint density at radius 1 is 1.16 bits per heavy atom. The van der Waals surface area contributed by atoms with Gasteiger partial charge in [-0.2, -0.15) is 0 Å². The molecule has 0 spiro atoms. The monoisotopic (exact) mass is 272 g/mol. The first-order valence-corrected chi connectivity index (χ1v) is 7.99. The van der Waals surface area contributed by atoms with Gasteiger partial charge in [-0.05, 0) is 46.2 Å². The summed E-state index contributed by atoms with van der Waals surface area (Å²) in [5.74, 6) is 0. The van der Waals surface area contributed by atoms with E-state index in [2.05, 4.69) is 17.1 Å². The van der Waals surface area contributed by atoms with E-state index in [1.807, 2.05) is 13.8 Å². The number of hydrogen-bond donors (Lipinski definition) is 1. The van der Waals surface area contributed by atoms with E-state index in [0.29, 0.717) is 6.04 Å². The van der Waals surface area contributed by atoms with E-state index >= 15 is 0 Å². The molecule has 0 aliphatic carbocycles. The highest BCUT2D eigenvalue weighted by Crippen LogP contribution is 2.09. The normalized spacial score (nSPS) is 19.7. The van der Waals surface area contributed by atoms with E-state index in [1.54, 1.807) is 0 Å². The molecule has 0 aromatic carbocycles. The Kier molecular flexibility index (Phi) is 9.43. The fourth-order valence-corrected chi connectivity index (χ4v) is 2.71. The Labute approximate surface area is 118 Å². The third kappa shape index (κ3) is 7.25. The molecule has 19 heavy (non-hydrogen) atoms. The molecule has 0 aromatic rings. The van der Waals surface area contributed by atoms with Crippen molar-refractivity contribution in [2.24, 2.45) is 0 Å². The molecular weight excluding hydrogens is 240 g/mol. The summed E-state index contributed by atoms with van der Waals surface area (Å²) in [6.45, 7) is 12.3. The van der Waals surface area contributed by atoms with Gasteiger partial charge in [-0.15, -0.1) is 0 Å². The van der Waals surface area contributed by atoms with Crippen LogP contribution in [0, 0.1) is 0 Å². The molecule has 1 N–H and O–H groups in total. The average molecular weight is 272 g/mol. The Morgan fingerprint density at radius 3 is 2.42 bits per heavy atom. The van der Waals surface area contributed by atoms with Crippen LogP contribution in [-0.4, -0.2) is 56.6 Å². The number of ether oxygens (including phenoxy) is 2. The molecule has 1 aliphatic rings. The Bertz CT molecular complexity index is 202. The van der Waals surface area contributed by atoms with Crippen molar-refractivity contribution in [3.8, 4) is 0 Å². The van der Waals surface area contributed by atoms with Crippen LogP contribution in [0.1, 0.15) is 46.5 Å². The summed E-state index contributed by atoms with van der Waals surface area (Å²) >= 11 is 0. The van der Waals surface area contributed by atoms with Crippen molar-refractivity contribution in [3.05, 3.63) is 0 Å². The minimum Gasteiger partial charge on any atom is -0.353 e. The van der Waals surface area contributed by atoms with Crippen LogP contribution in [-0.2, 0) is 9.47 Å². The van der Waals surface area contributed by atoms with Crippen LogP contribution in [0.5, 0.6) is 0 Å². The van der Waals surface area contributed by atoms with Crippen molar-refractivity contribution in [2.75, 3.05) is 39.4 Å². The maximum absolute atomic E-state index is 5.62. The van der Waals surface area contributed by atoms with Crippen molar-refractivity contribution < 1.29 is 9.47 Å². The molecule has 0 bridgehead atoms. The summed E-state index contributed by atoms with van der Waals surface area (Å²) < 4.78 is 11.2. The van der Waals surface area contributed by atoms with Crippen LogP contribution in [0.4, 0.5) is 0 Å².